The van der Waals surface area contributed by atoms with Gasteiger partial charge in [0.1, 0.15) is 11.6 Å². The fraction of sp³-hybridized carbons (Fsp3) is 0.375. The van der Waals surface area contributed by atoms with Gasteiger partial charge in [0.05, 0.1) is 6.04 Å². The van der Waals surface area contributed by atoms with Crippen molar-refractivity contribution in [3.63, 3.8) is 0 Å². The van der Waals surface area contributed by atoms with E-state index in [0.29, 0.717) is 26.1 Å². The van der Waals surface area contributed by atoms with Crippen LogP contribution >= 0.6 is 0 Å². The highest BCUT2D eigenvalue weighted by molar-refractivity contribution is 5.88. The van der Waals surface area contributed by atoms with E-state index in [1.54, 1.807) is 4.90 Å². The molecule has 1 unspecified atom stereocenters. The number of amides is 2. The van der Waals surface area contributed by atoms with Gasteiger partial charge in [-0.2, -0.15) is 0 Å². The van der Waals surface area contributed by atoms with Crippen LogP contribution < -0.4 is 0 Å². The summed E-state index contributed by atoms with van der Waals surface area (Å²) in [5, 5.41) is 0. The number of rotatable bonds is 4. The Morgan fingerprint density at radius 2 is 1.32 bits per heavy atom. The molecule has 3 aromatic rings. The number of hydrogen-bond donors (Lipinski definition) is 0. The first kappa shape index (κ1) is 26.0. The average molecular weight is 512 g/mol. The molecule has 1 fully saturated rings. The molecule has 2 aliphatic rings. The number of benzene rings is 3. The second kappa shape index (κ2) is 11.0. The summed E-state index contributed by atoms with van der Waals surface area (Å²) < 4.78 is 5.71. The standard InChI is InChI=1S/C32H37N3O3/c1-32(2,3)38-31(37)35-19-18-24-12-10-11-17-27(24)29(35)30(36)34-22-20-33(21-23-34)28(25-13-6-4-7-14-25)26-15-8-5-9-16-26/h4-17,28-29H,18-23H2,1-3H3. The molecule has 2 amide bonds. The Kier molecular flexibility index (Phi) is 7.52. The van der Waals surface area contributed by atoms with Crippen molar-refractivity contribution < 1.29 is 14.3 Å². The minimum Gasteiger partial charge on any atom is -0.444 e. The van der Waals surface area contributed by atoms with E-state index in [0.717, 1.165) is 24.2 Å². The van der Waals surface area contributed by atoms with Crippen LogP contribution in [0.15, 0.2) is 84.9 Å². The summed E-state index contributed by atoms with van der Waals surface area (Å²) in [5.41, 5.74) is 3.89. The lowest BCUT2D eigenvalue weighted by atomic mass is 9.91. The van der Waals surface area contributed by atoms with Crippen LogP contribution in [0, 0.1) is 0 Å². The molecule has 1 atom stereocenters. The average Bonchev–Trinajstić information content (AvgIpc) is 2.93. The molecule has 3 aromatic carbocycles. The van der Waals surface area contributed by atoms with Crippen molar-refractivity contribution in [1.82, 2.24) is 14.7 Å². The molecule has 2 aliphatic heterocycles. The zero-order chi connectivity index (χ0) is 26.7. The van der Waals surface area contributed by atoms with Crippen LogP contribution in [0.5, 0.6) is 0 Å². The fourth-order valence-corrected chi connectivity index (χ4v) is 5.61. The maximum absolute atomic E-state index is 14.1. The van der Waals surface area contributed by atoms with Crippen LogP contribution in [-0.4, -0.2) is 65.0 Å². The molecule has 0 aromatic heterocycles. The van der Waals surface area contributed by atoms with Crippen molar-refractivity contribution in [3.05, 3.63) is 107 Å². The van der Waals surface area contributed by atoms with E-state index < -0.39 is 17.7 Å². The molecule has 6 nitrogen and oxygen atoms in total. The van der Waals surface area contributed by atoms with Gasteiger partial charge in [-0.15, -0.1) is 0 Å². The van der Waals surface area contributed by atoms with E-state index in [-0.39, 0.29) is 11.9 Å². The molecule has 38 heavy (non-hydrogen) atoms. The molecular weight excluding hydrogens is 474 g/mol. The Bertz CT molecular complexity index is 1210. The maximum Gasteiger partial charge on any atom is 0.411 e. The normalized spacial score (nSPS) is 18.3. The van der Waals surface area contributed by atoms with Gasteiger partial charge >= 0.3 is 6.09 Å². The lowest BCUT2D eigenvalue weighted by molar-refractivity contribution is -0.139. The molecule has 0 spiro atoms. The topological polar surface area (TPSA) is 53.1 Å². The second-order valence-electron chi connectivity index (χ2n) is 11.1. The summed E-state index contributed by atoms with van der Waals surface area (Å²) >= 11 is 0. The number of carbonyl (C=O) groups excluding carboxylic acids is 2. The van der Waals surface area contributed by atoms with Crippen LogP contribution in [-0.2, 0) is 16.0 Å². The third-order valence-corrected chi connectivity index (χ3v) is 7.37. The second-order valence-corrected chi connectivity index (χ2v) is 11.1. The molecule has 0 saturated carbocycles. The minimum atomic E-state index is -0.666. The largest absolute Gasteiger partial charge is 0.444 e. The quantitative estimate of drug-likeness (QED) is 0.467. The first-order chi connectivity index (χ1) is 18.3. The molecule has 0 aliphatic carbocycles. The van der Waals surface area contributed by atoms with Gasteiger partial charge < -0.3 is 9.64 Å². The third-order valence-electron chi connectivity index (χ3n) is 7.37. The molecule has 0 radical (unpaired) electrons. The van der Waals surface area contributed by atoms with Gasteiger partial charge in [-0.1, -0.05) is 84.9 Å². The summed E-state index contributed by atoms with van der Waals surface area (Å²) in [7, 11) is 0. The van der Waals surface area contributed by atoms with Crippen molar-refractivity contribution >= 4 is 12.0 Å². The molecule has 0 bridgehead atoms. The molecule has 5 rings (SSSR count). The number of ether oxygens (including phenoxy) is 1. The predicted octanol–water partition coefficient (Wildman–Crippen LogP) is 5.45. The van der Waals surface area contributed by atoms with Crippen molar-refractivity contribution in [2.45, 2.75) is 44.9 Å². The highest BCUT2D eigenvalue weighted by Crippen LogP contribution is 2.34. The third kappa shape index (κ3) is 5.60. The summed E-state index contributed by atoms with van der Waals surface area (Å²) in [4.78, 5) is 33.3. The van der Waals surface area contributed by atoms with Gasteiger partial charge in [-0.25, -0.2) is 4.79 Å². The van der Waals surface area contributed by atoms with Crippen molar-refractivity contribution in [2.24, 2.45) is 0 Å². The lowest BCUT2D eigenvalue weighted by Gasteiger charge is -2.43. The Hall–Kier alpha value is -3.64. The summed E-state index contributed by atoms with van der Waals surface area (Å²) in [6.45, 7) is 8.75. The molecule has 1 saturated heterocycles. The smallest absolute Gasteiger partial charge is 0.411 e. The van der Waals surface area contributed by atoms with Crippen LogP contribution in [0.4, 0.5) is 4.79 Å². The van der Waals surface area contributed by atoms with E-state index in [9.17, 15) is 9.59 Å². The highest BCUT2D eigenvalue weighted by atomic mass is 16.6. The predicted molar refractivity (Wildman–Crippen MR) is 149 cm³/mol. The summed E-state index contributed by atoms with van der Waals surface area (Å²) in [5.74, 6) is -0.0290. The molecule has 2 heterocycles. The summed E-state index contributed by atoms with van der Waals surface area (Å²) in [6, 6.07) is 28.5. The number of hydrogen-bond acceptors (Lipinski definition) is 4. The molecule has 198 valence electrons. The van der Waals surface area contributed by atoms with Gasteiger partial charge in [0.2, 0.25) is 5.91 Å². The first-order valence-corrected chi connectivity index (χ1v) is 13.5. The monoisotopic (exact) mass is 511 g/mol. The van der Waals surface area contributed by atoms with Gasteiger partial charge in [0.25, 0.3) is 0 Å². The van der Waals surface area contributed by atoms with Crippen LogP contribution in [0.1, 0.15) is 55.1 Å². The Labute approximate surface area is 225 Å². The minimum absolute atomic E-state index is 0.0290. The number of carbonyl (C=O) groups is 2. The van der Waals surface area contributed by atoms with Gasteiger partial charge in [0, 0.05) is 32.7 Å². The number of piperazine rings is 1. The Balaban J connectivity index is 1.36. The number of nitrogens with zero attached hydrogens (tertiary/aromatic N) is 3. The van der Waals surface area contributed by atoms with Crippen molar-refractivity contribution in [1.29, 1.82) is 0 Å². The van der Waals surface area contributed by atoms with Gasteiger partial charge in [-0.05, 0) is 49.4 Å². The lowest BCUT2D eigenvalue weighted by Crippen LogP contribution is -2.55. The summed E-state index contributed by atoms with van der Waals surface area (Å²) in [6.07, 6.45) is 0.278. The highest BCUT2D eigenvalue weighted by Gasteiger charge is 2.41. The number of fused-ring (bicyclic) bond motifs is 1. The SMILES string of the molecule is CC(C)(C)OC(=O)N1CCc2ccccc2C1C(=O)N1CCN(C(c2ccccc2)c2ccccc2)CC1. The molecule has 6 heteroatoms. The Morgan fingerprint density at radius 1 is 0.763 bits per heavy atom. The van der Waals surface area contributed by atoms with Crippen LogP contribution in [0.2, 0.25) is 0 Å². The van der Waals surface area contributed by atoms with E-state index in [1.165, 1.54) is 11.1 Å². The zero-order valence-corrected chi connectivity index (χ0v) is 22.5. The fourth-order valence-electron chi connectivity index (χ4n) is 5.61. The van der Waals surface area contributed by atoms with Crippen LogP contribution in [0.3, 0.4) is 0 Å². The molecular formula is C32H37N3O3. The van der Waals surface area contributed by atoms with E-state index >= 15 is 0 Å². The molecule has 0 N–H and O–H groups in total. The van der Waals surface area contributed by atoms with E-state index in [2.05, 4.69) is 59.5 Å². The van der Waals surface area contributed by atoms with E-state index in [1.807, 2.05) is 56.0 Å². The van der Waals surface area contributed by atoms with Gasteiger partial charge in [-0.3, -0.25) is 14.6 Å². The van der Waals surface area contributed by atoms with E-state index in [4.69, 9.17) is 4.74 Å². The van der Waals surface area contributed by atoms with Crippen molar-refractivity contribution in [3.8, 4) is 0 Å². The first-order valence-electron chi connectivity index (χ1n) is 13.5. The van der Waals surface area contributed by atoms with Gasteiger partial charge in [0.15, 0.2) is 0 Å². The zero-order valence-electron chi connectivity index (χ0n) is 22.5. The maximum atomic E-state index is 14.1. The Morgan fingerprint density at radius 3 is 1.89 bits per heavy atom. The van der Waals surface area contributed by atoms with Crippen molar-refractivity contribution in [2.75, 3.05) is 32.7 Å². The van der Waals surface area contributed by atoms with Crippen LogP contribution in [0.25, 0.3) is 0 Å².